The number of hydrogen-bond acceptors (Lipinski definition) is 2. The summed E-state index contributed by atoms with van der Waals surface area (Å²) < 4.78 is 0. The van der Waals surface area contributed by atoms with Gasteiger partial charge in [0.05, 0.1) is 6.10 Å². The summed E-state index contributed by atoms with van der Waals surface area (Å²) in [4.78, 5) is 0. The maximum atomic E-state index is 9.43. The minimum Gasteiger partial charge on any atom is -0.392 e. The van der Waals surface area contributed by atoms with E-state index in [1.54, 1.807) is 0 Å². The molecule has 2 fully saturated rings. The fourth-order valence-corrected chi connectivity index (χ4v) is 2.93. The van der Waals surface area contributed by atoms with Crippen LogP contribution in [0.2, 0.25) is 0 Å². The Balaban J connectivity index is 1.71. The highest BCUT2D eigenvalue weighted by Crippen LogP contribution is 2.44. The van der Waals surface area contributed by atoms with Crippen LogP contribution in [0, 0.1) is 11.8 Å². The molecule has 0 amide bonds. The van der Waals surface area contributed by atoms with E-state index in [1.165, 1.54) is 25.7 Å². The van der Waals surface area contributed by atoms with E-state index in [9.17, 15) is 5.11 Å². The van der Waals surface area contributed by atoms with Crippen LogP contribution in [0.15, 0.2) is 0 Å². The van der Waals surface area contributed by atoms with Crippen molar-refractivity contribution in [1.82, 2.24) is 5.32 Å². The smallest absolute Gasteiger partial charge is 0.0662 e. The molecule has 2 nitrogen and oxygen atoms in total. The molecule has 4 unspecified atom stereocenters. The van der Waals surface area contributed by atoms with Crippen molar-refractivity contribution in [2.75, 3.05) is 6.54 Å². The molecule has 13 heavy (non-hydrogen) atoms. The average Bonchev–Trinajstić information content (AvgIpc) is 2.74. The predicted octanol–water partition coefficient (Wildman–Crippen LogP) is 1.54. The van der Waals surface area contributed by atoms with Crippen LogP contribution in [0.5, 0.6) is 0 Å². The lowest BCUT2D eigenvalue weighted by Gasteiger charge is -2.24. The molecular formula is C11H21NO. The molecule has 2 heteroatoms. The molecule has 2 saturated carbocycles. The Morgan fingerprint density at radius 2 is 2.23 bits per heavy atom. The number of aliphatic hydroxyl groups excluding tert-OH is 1. The molecule has 4 atom stereocenters. The molecule has 2 aliphatic carbocycles. The first-order valence-corrected chi connectivity index (χ1v) is 5.71. The Morgan fingerprint density at radius 3 is 2.77 bits per heavy atom. The van der Waals surface area contributed by atoms with Gasteiger partial charge in [0, 0.05) is 12.6 Å². The Labute approximate surface area is 80.7 Å². The quantitative estimate of drug-likeness (QED) is 0.693. The van der Waals surface area contributed by atoms with E-state index in [1.807, 2.05) is 6.92 Å². The van der Waals surface area contributed by atoms with Crippen molar-refractivity contribution < 1.29 is 5.11 Å². The molecule has 0 radical (unpaired) electrons. The van der Waals surface area contributed by atoms with Crippen LogP contribution in [-0.2, 0) is 0 Å². The third kappa shape index (κ3) is 2.05. The minimum atomic E-state index is -0.140. The lowest BCUT2D eigenvalue weighted by Crippen LogP contribution is -2.38. The van der Waals surface area contributed by atoms with Crippen molar-refractivity contribution in [2.45, 2.75) is 51.2 Å². The molecule has 0 heterocycles. The summed E-state index contributed by atoms with van der Waals surface area (Å²) in [7, 11) is 0. The second-order valence-corrected chi connectivity index (χ2v) is 4.75. The van der Waals surface area contributed by atoms with Gasteiger partial charge in [0.2, 0.25) is 0 Å². The van der Waals surface area contributed by atoms with Gasteiger partial charge in [-0.3, -0.25) is 0 Å². The predicted molar refractivity (Wildman–Crippen MR) is 53.5 cm³/mol. The summed E-state index contributed by atoms with van der Waals surface area (Å²) >= 11 is 0. The Morgan fingerprint density at radius 1 is 1.38 bits per heavy atom. The maximum Gasteiger partial charge on any atom is 0.0662 e. The summed E-state index contributed by atoms with van der Waals surface area (Å²) in [6, 6.07) is 0.722. The summed E-state index contributed by atoms with van der Waals surface area (Å²) in [5, 5.41) is 12.9. The zero-order chi connectivity index (χ0) is 9.26. The van der Waals surface area contributed by atoms with E-state index in [2.05, 4.69) is 5.32 Å². The second-order valence-electron chi connectivity index (χ2n) is 4.75. The van der Waals surface area contributed by atoms with E-state index in [0.29, 0.717) is 0 Å². The molecule has 2 N–H and O–H groups in total. The first-order valence-electron chi connectivity index (χ1n) is 5.71. The first-order chi connectivity index (χ1) is 6.29. The van der Waals surface area contributed by atoms with Crippen molar-refractivity contribution in [2.24, 2.45) is 11.8 Å². The fourth-order valence-electron chi connectivity index (χ4n) is 2.93. The van der Waals surface area contributed by atoms with Gasteiger partial charge < -0.3 is 10.4 Å². The minimum absolute atomic E-state index is 0.140. The highest BCUT2D eigenvalue weighted by Gasteiger charge is 2.39. The summed E-state index contributed by atoms with van der Waals surface area (Å²) in [6.07, 6.45) is 6.41. The second kappa shape index (κ2) is 3.97. The van der Waals surface area contributed by atoms with Crippen LogP contribution < -0.4 is 5.32 Å². The fraction of sp³-hybridized carbons (Fsp3) is 1.00. The van der Waals surface area contributed by atoms with Gasteiger partial charge in [-0.05, 0) is 37.5 Å². The molecular weight excluding hydrogens is 162 g/mol. The highest BCUT2D eigenvalue weighted by atomic mass is 16.3. The van der Waals surface area contributed by atoms with Gasteiger partial charge in [0.1, 0.15) is 0 Å². The number of nitrogens with one attached hydrogen (secondary N) is 1. The molecule has 2 bridgehead atoms. The van der Waals surface area contributed by atoms with Gasteiger partial charge in [-0.25, -0.2) is 0 Å². The average molecular weight is 183 g/mol. The zero-order valence-electron chi connectivity index (χ0n) is 8.50. The normalized spacial score (nSPS) is 39.7. The lowest BCUT2D eigenvalue weighted by atomic mass is 9.95. The summed E-state index contributed by atoms with van der Waals surface area (Å²) in [6.45, 7) is 2.83. The van der Waals surface area contributed by atoms with Crippen molar-refractivity contribution in [3.63, 3.8) is 0 Å². The number of rotatable bonds is 4. The third-order valence-corrected chi connectivity index (χ3v) is 3.83. The molecule has 2 rings (SSSR count). The topological polar surface area (TPSA) is 32.3 Å². The third-order valence-electron chi connectivity index (χ3n) is 3.83. The van der Waals surface area contributed by atoms with Crippen molar-refractivity contribution in [3.05, 3.63) is 0 Å². The highest BCUT2D eigenvalue weighted by molar-refractivity contribution is 4.94. The van der Waals surface area contributed by atoms with Crippen LogP contribution in [0.3, 0.4) is 0 Å². The number of hydrogen-bond donors (Lipinski definition) is 2. The largest absolute Gasteiger partial charge is 0.392 e. The molecule has 0 aromatic heterocycles. The van der Waals surface area contributed by atoms with Crippen LogP contribution in [0.4, 0.5) is 0 Å². The maximum absolute atomic E-state index is 9.43. The molecule has 76 valence electrons. The van der Waals surface area contributed by atoms with E-state index in [0.717, 1.165) is 30.8 Å². The van der Waals surface area contributed by atoms with Crippen LogP contribution >= 0.6 is 0 Å². The molecule has 0 spiro atoms. The first kappa shape index (κ1) is 9.47. The van der Waals surface area contributed by atoms with E-state index in [4.69, 9.17) is 0 Å². The van der Waals surface area contributed by atoms with Gasteiger partial charge in [0.25, 0.3) is 0 Å². The summed E-state index contributed by atoms with van der Waals surface area (Å²) in [5.74, 6) is 1.93. The molecule has 0 aliphatic heterocycles. The standard InChI is InChI=1S/C11H21NO/c1-2-10(13)7-12-11-6-8-3-4-9(11)5-8/h8-13H,2-7H2,1H3. The van der Waals surface area contributed by atoms with Crippen molar-refractivity contribution >= 4 is 0 Å². The van der Waals surface area contributed by atoms with Crippen LogP contribution in [0.25, 0.3) is 0 Å². The molecule has 0 saturated heterocycles. The van der Waals surface area contributed by atoms with Gasteiger partial charge in [0.15, 0.2) is 0 Å². The summed E-state index contributed by atoms with van der Waals surface area (Å²) in [5.41, 5.74) is 0. The Bertz CT molecular complexity index is 171. The molecule has 0 aromatic carbocycles. The monoisotopic (exact) mass is 183 g/mol. The Hall–Kier alpha value is -0.0800. The van der Waals surface area contributed by atoms with E-state index < -0.39 is 0 Å². The number of aliphatic hydroxyl groups is 1. The molecule has 2 aliphatic rings. The van der Waals surface area contributed by atoms with Crippen molar-refractivity contribution in [1.29, 1.82) is 0 Å². The van der Waals surface area contributed by atoms with Crippen LogP contribution in [-0.4, -0.2) is 23.8 Å². The van der Waals surface area contributed by atoms with Crippen molar-refractivity contribution in [3.8, 4) is 0 Å². The SMILES string of the molecule is CCC(O)CNC1CC2CCC1C2. The van der Waals surface area contributed by atoms with E-state index >= 15 is 0 Å². The molecule has 0 aromatic rings. The zero-order valence-corrected chi connectivity index (χ0v) is 8.50. The number of fused-ring (bicyclic) bond motifs is 2. The van der Waals surface area contributed by atoms with Crippen LogP contribution in [0.1, 0.15) is 39.0 Å². The Kier molecular flexibility index (Phi) is 2.89. The van der Waals surface area contributed by atoms with Gasteiger partial charge in [-0.2, -0.15) is 0 Å². The van der Waals surface area contributed by atoms with Gasteiger partial charge in [-0.1, -0.05) is 13.3 Å². The van der Waals surface area contributed by atoms with E-state index in [-0.39, 0.29) is 6.10 Å². The van der Waals surface area contributed by atoms with Gasteiger partial charge in [-0.15, -0.1) is 0 Å². The lowest BCUT2D eigenvalue weighted by molar-refractivity contribution is 0.157. The van der Waals surface area contributed by atoms with Gasteiger partial charge >= 0.3 is 0 Å².